The van der Waals surface area contributed by atoms with Crippen molar-refractivity contribution in [2.75, 3.05) is 51.4 Å². The van der Waals surface area contributed by atoms with Gasteiger partial charge in [0.05, 0.1) is 50.4 Å². The van der Waals surface area contributed by atoms with Gasteiger partial charge in [0.1, 0.15) is 0 Å². The Hall–Kier alpha value is 0.340. The minimum absolute atomic E-state index is 0.0215. The SMILES string of the molecule is ClCC1COC(COCCCOCC2OCC(CCl)O2)O1. The van der Waals surface area contributed by atoms with Gasteiger partial charge in [-0.05, 0) is 6.42 Å². The highest BCUT2D eigenvalue weighted by atomic mass is 35.5. The summed E-state index contributed by atoms with van der Waals surface area (Å²) in [6, 6.07) is 0. The molecule has 0 aromatic carbocycles. The third-order valence-electron chi connectivity index (χ3n) is 3.05. The van der Waals surface area contributed by atoms with Crippen molar-refractivity contribution in [1.29, 1.82) is 0 Å². The third-order valence-corrected chi connectivity index (χ3v) is 3.74. The fourth-order valence-corrected chi connectivity index (χ4v) is 2.30. The van der Waals surface area contributed by atoms with E-state index >= 15 is 0 Å². The largest absolute Gasteiger partial charge is 0.376 e. The molecule has 0 aromatic heterocycles. The summed E-state index contributed by atoms with van der Waals surface area (Å²) in [7, 11) is 0. The van der Waals surface area contributed by atoms with Crippen LogP contribution in [0.2, 0.25) is 0 Å². The first-order valence-electron chi connectivity index (χ1n) is 7.13. The Balaban J connectivity index is 1.37. The minimum atomic E-state index is -0.303. The van der Waals surface area contributed by atoms with E-state index < -0.39 is 0 Å². The Morgan fingerprint density at radius 1 is 0.810 bits per heavy atom. The number of hydrogen-bond acceptors (Lipinski definition) is 6. The van der Waals surface area contributed by atoms with Crippen LogP contribution in [0.5, 0.6) is 0 Å². The Kier molecular flexibility index (Phi) is 8.57. The fourth-order valence-electron chi connectivity index (χ4n) is 1.97. The van der Waals surface area contributed by atoms with Gasteiger partial charge >= 0.3 is 0 Å². The van der Waals surface area contributed by atoms with Crippen LogP contribution in [-0.4, -0.2) is 76.2 Å². The topological polar surface area (TPSA) is 55.4 Å². The van der Waals surface area contributed by atoms with E-state index in [9.17, 15) is 0 Å². The van der Waals surface area contributed by atoms with Crippen LogP contribution in [0.15, 0.2) is 0 Å². The standard InChI is InChI=1S/C13H22Cl2O6/c14-4-10-6-18-12(20-10)8-16-2-1-3-17-9-13-19-7-11(5-15)21-13/h10-13H,1-9H2. The van der Waals surface area contributed by atoms with Crippen LogP contribution in [-0.2, 0) is 28.4 Å². The van der Waals surface area contributed by atoms with E-state index in [0.29, 0.717) is 51.4 Å². The second-order valence-corrected chi connectivity index (χ2v) is 5.47. The van der Waals surface area contributed by atoms with Crippen molar-refractivity contribution >= 4 is 23.2 Å². The molecule has 0 spiro atoms. The zero-order valence-electron chi connectivity index (χ0n) is 11.9. The van der Waals surface area contributed by atoms with Crippen molar-refractivity contribution in [3.8, 4) is 0 Å². The van der Waals surface area contributed by atoms with Crippen molar-refractivity contribution < 1.29 is 28.4 Å². The van der Waals surface area contributed by atoms with E-state index in [1.807, 2.05) is 0 Å². The van der Waals surface area contributed by atoms with E-state index in [4.69, 9.17) is 51.6 Å². The smallest absolute Gasteiger partial charge is 0.181 e. The van der Waals surface area contributed by atoms with E-state index in [0.717, 1.165) is 6.42 Å². The van der Waals surface area contributed by atoms with Crippen LogP contribution in [0.3, 0.4) is 0 Å². The Bertz CT molecular complexity index is 257. The molecule has 2 aliphatic heterocycles. The van der Waals surface area contributed by atoms with Gasteiger partial charge < -0.3 is 28.4 Å². The molecule has 0 aromatic rings. The summed E-state index contributed by atoms with van der Waals surface area (Å²) < 4.78 is 32.6. The molecule has 6 nitrogen and oxygen atoms in total. The quantitative estimate of drug-likeness (QED) is 0.440. The highest BCUT2D eigenvalue weighted by Gasteiger charge is 2.26. The van der Waals surface area contributed by atoms with Gasteiger partial charge in [-0.3, -0.25) is 0 Å². The van der Waals surface area contributed by atoms with Crippen molar-refractivity contribution in [1.82, 2.24) is 0 Å². The van der Waals surface area contributed by atoms with Crippen LogP contribution in [0.25, 0.3) is 0 Å². The molecule has 0 radical (unpaired) electrons. The minimum Gasteiger partial charge on any atom is -0.376 e. The predicted molar refractivity (Wildman–Crippen MR) is 76.9 cm³/mol. The van der Waals surface area contributed by atoms with Gasteiger partial charge in [-0.1, -0.05) is 0 Å². The molecular formula is C13H22Cl2O6. The molecule has 2 rings (SSSR count). The van der Waals surface area contributed by atoms with Crippen LogP contribution in [0.1, 0.15) is 6.42 Å². The van der Waals surface area contributed by atoms with Gasteiger partial charge in [0, 0.05) is 13.2 Å². The maximum atomic E-state index is 5.67. The first-order valence-corrected chi connectivity index (χ1v) is 8.20. The maximum Gasteiger partial charge on any atom is 0.181 e. The van der Waals surface area contributed by atoms with Crippen LogP contribution in [0.4, 0.5) is 0 Å². The van der Waals surface area contributed by atoms with Crippen LogP contribution in [0, 0.1) is 0 Å². The normalized spacial score (nSPS) is 32.9. The molecule has 2 heterocycles. The second-order valence-electron chi connectivity index (χ2n) is 4.85. The first kappa shape index (κ1) is 17.7. The number of ether oxygens (including phenoxy) is 6. The lowest BCUT2D eigenvalue weighted by Crippen LogP contribution is -2.20. The van der Waals surface area contributed by atoms with Gasteiger partial charge in [0.25, 0.3) is 0 Å². The molecule has 0 N–H and O–H groups in total. The summed E-state index contributed by atoms with van der Waals surface area (Å²) in [5.41, 5.74) is 0. The summed E-state index contributed by atoms with van der Waals surface area (Å²) >= 11 is 11.3. The highest BCUT2D eigenvalue weighted by Crippen LogP contribution is 2.14. The van der Waals surface area contributed by atoms with Crippen molar-refractivity contribution in [3.05, 3.63) is 0 Å². The summed E-state index contributed by atoms with van der Waals surface area (Å²) in [5, 5.41) is 0. The molecule has 124 valence electrons. The van der Waals surface area contributed by atoms with Crippen LogP contribution < -0.4 is 0 Å². The zero-order valence-corrected chi connectivity index (χ0v) is 13.4. The molecule has 0 saturated carbocycles. The van der Waals surface area contributed by atoms with E-state index in [-0.39, 0.29) is 24.8 Å². The maximum absolute atomic E-state index is 5.67. The van der Waals surface area contributed by atoms with Gasteiger partial charge in [-0.15, -0.1) is 23.2 Å². The predicted octanol–water partition coefficient (Wildman–Crippen LogP) is 1.37. The fraction of sp³-hybridized carbons (Fsp3) is 1.00. The summed E-state index contributed by atoms with van der Waals surface area (Å²) in [5.74, 6) is 0.889. The molecule has 0 amide bonds. The molecule has 21 heavy (non-hydrogen) atoms. The lowest BCUT2D eigenvalue weighted by molar-refractivity contribution is -0.112. The van der Waals surface area contributed by atoms with E-state index in [1.165, 1.54) is 0 Å². The first-order chi connectivity index (χ1) is 10.3. The molecule has 4 atom stereocenters. The average Bonchev–Trinajstić information content (AvgIpc) is 3.15. The van der Waals surface area contributed by atoms with Gasteiger partial charge in [-0.25, -0.2) is 0 Å². The number of alkyl halides is 2. The lowest BCUT2D eigenvalue weighted by Gasteiger charge is -2.12. The number of halogens is 2. The van der Waals surface area contributed by atoms with Crippen molar-refractivity contribution in [3.63, 3.8) is 0 Å². The highest BCUT2D eigenvalue weighted by molar-refractivity contribution is 6.18. The van der Waals surface area contributed by atoms with Crippen molar-refractivity contribution in [2.24, 2.45) is 0 Å². The summed E-state index contributed by atoms with van der Waals surface area (Å²) in [6.45, 7) is 3.08. The van der Waals surface area contributed by atoms with Crippen LogP contribution >= 0.6 is 23.2 Å². The van der Waals surface area contributed by atoms with Crippen molar-refractivity contribution in [2.45, 2.75) is 31.2 Å². The Morgan fingerprint density at radius 3 is 1.67 bits per heavy atom. The van der Waals surface area contributed by atoms with Gasteiger partial charge in [0.2, 0.25) is 0 Å². The summed E-state index contributed by atoms with van der Waals surface area (Å²) in [4.78, 5) is 0. The Morgan fingerprint density at radius 2 is 1.29 bits per heavy atom. The van der Waals surface area contributed by atoms with Gasteiger partial charge in [-0.2, -0.15) is 0 Å². The van der Waals surface area contributed by atoms with Gasteiger partial charge in [0.15, 0.2) is 12.6 Å². The van der Waals surface area contributed by atoms with E-state index in [1.54, 1.807) is 0 Å². The number of rotatable bonds is 10. The number of hydrogen-bond donors (Lipinski definition) is 0. The molecule has 0 aliphatic carbocycles. The lowest BCUT2D eigenvalue weighted by atomic mass is 10.4. The molecule has 4 unspecified atom stereocenters. The molecule has 2 fully saturated rings. The molecule has 2 saturated heterocycles. The second kappa shape index (κ2) is 10.2. The van der Waals surface area contributed by atoms with E-state index in [2.05, 4.69) is 0 Å². The Labute approximate surface area is 134 Å². The molecule has 0 bridgehead atoms. The average molecular weight is 345 g/mol. The summed E-state index contributed by atoms with van der Waals surface area (Å²) in [6.07, 6.45) is 0.139. The molecule has 8 heteroatoms. The third kappa shape index (κ3) is 6.54. The molecular weight excluding hydrogens is 323 g/mol. The monoisotopic (exact) mass is 344 g/mol. The zero-order chi connectivity index (χ0) is 14.9. The molecule has 2 aliphatic rings.